The second-order valence-electron chi connectivity index (χ2n) is 12.5. The van der Waals surface area contributed by atoms with E-state index in [0.29, 0.717) is 47.1 Å². The van der Waals surface area contributed by atoms with Gasteiger partial charge in [0.15, 0.2) is 0 Å². The van der Waals surface area contributed by atoms with Crippen molar-refractivity contribution in [2.75, 3.05) is 26.2 Å². The first kappa shape index (κ1) is 38.0. The maximum Gasteiger partial charge on any atom is 0.387 e. The van der Waals surface area contributed by atoms with E-state index < -0.39 is 32.3 Å². The molecule has 3 N–H and O–H groups in total. The smallest absolute Gasteiger partial charge is 0.387 e. The van der Waals surface area contributed by atoms with E-state index >= 15 is 0 Å². The third-order valence-corrected chi connectivity index (χ3v) is 13.2. The van der Waals surface area contributed by atoms with Crippen LogP contribution in [0.1, 0.15) is 24.0 Å². The summed E-state index contributed by atoms with van der Waals surface area (Å²) in [4.78, 5) is 12.9. The van der Waals surface area contributed by atoms with Crippen LogP contribution in [-0.4, -0.2) is 81.1 Å². The number of nitrogens with zero attached hydrogens (tertiary/aromatic N) is 2. The summed E-state index contributed by atoms with van der Waals surface area (Å²) in [6.07, 6.45) is -0.590. The predicted molar refractivity (Wildman–Crippen MR) is 196 cm³/mol. The van der Waals surface area contributed by atoms with Crippen molar-refractivity contribution in [3.63, 3.8) is 0 Å². The molecule has 2 unspecified atom stereocenters. The van der Waals surface area contributed by atoms with Crippen molar-refractivity contribution < 1.29 is 36.2 Å². The number of carboxylic acid groups (broad SMARTS) is 1. The van der Waals surface area contributed by atoms with E-state index in [9.17, 15) is 26.7 Å². The van der Waals surface area contributed by atoms with E-state index in [0.717, 1.165) is 0 Å². The molecule has 276 valence electrons. The monoisotopic (exact) mass is 788 g/mol. The zero-order valence-electron chi connectivity index (χ0n) is 27.9. The molecule has 4 aromatic carbocycles. The average Bonchev–Trinajstić information content (AvgIpc) is 3.83. The Labute approximate surface area is 313 Å². The minimum Gasteiger partial charge on any atom is -0.476 e. The molecule has 2 atom stereocenters. The lowest BCUT2D eigenvalue weighted by atomic mass is 10.1. The van der Waals surface area contributed by atoms with E-state index in [2.05, 4.69) is 10.6 Å². The molecule has 2 aliphatic rings. The highest BCUT2D eigenvalue weighted by molar-refractivity contribution is 7.89. The summed E-state index contributed by atoms with van der Waals surface area (Å²) in [7, 11) is -7.26. The molecule has 6 rings (SSSR count). The van der Waals surface area contributed by atoms with Gasteiger partial charge >= 0.3 is 12.3 Å². The van der Waals surface area contributed by atoms with Gasteiger partial charge in [-0.1, -0.05) is 59.6 Å². The number of halogens is 2. The van der Waals surface area contributed by atoms with E-state index in [1.165, 1.54) is 8.61 Å². The van der Waals surface area contributed by atoms with Crippen molar-refractivity contribution in [3.05, 3.63) is 118 Å². The van der Waals surface area contributed by atoms with Gasteiger partial charge in [0.05, 0.1) is 9.79 Å². The van der Waals surface area contributed by atoms with Crippen LogP contribution >= 0.6 is 23.2 Å². The van der Waals surface area contributed by atoms with Crippen molar-refractivity contribution in [1.29, 1.82) is 0 Å². The Balaban J connectivity index is 1.09. The summed E-state index contributed by atoms with van der Waals surface area (Å²) < 4.78 is 67.1. The number of benzene rings is 4. The second-order valence-corrected chi connectivity index (χ2v) is 17.2. The van der Waals surface area contributed by atoms with Crippen LogP contribution in [0.15, 0.2) is 107 Å². The normalized spacial score (nSPS) is 19.0. The number of aliphatic carboxylic acids is 1. The molecular formula is C36H38Cl2N4O8S2. The van der Waals surface area contributed by atoms with Gasteiger partial charge in [-0.25, -0.2) is 21.6 Å². The summed E-state index contributed by atoms with van der Waals surface area (Å²) >= 11 is 12.6. The van der Waals surface area contributed by atoms with Gasteiger partial charge in [-0.15, -0.1) is 0 Å². The Morgan fingerprint density at radius 2 is 1.10 bits per heavy atom. The Hall–Kier alpha value is -3.73. The summed E-state index contributed by atoms with van der Waals surface area (Å²) in [6, 6.07) is 25.8. The molecule has 0 radical (unpaired) electrons. The highest BCUT2D eigenvalue weighted by atomic mass is 35.5. The molecule has 0 aromatic heterocycles. The van der Waals surface area contributed by atoms with Crippen LogP contribution in [0, 0.1) is 0 Å². The lowest BCUT2D eigenvalue weighted by Crippen LogP contribution is -2.36. The molecule has 0 bridgehead atoms. The molecule has 2 aliphatic heterocycles. The van der Waals surface area contributed by atoms with Gasteiger partial charge < -0.3 is 25.2 Å². The van der Waals surface area contributed by atoms with Gasteiger partial charge in [-0.3, -0.25) is 0 Å². The number of hydrogen-bond acceptors (Lipinski definition) is 9. The minimum atomic E-state index is -3.63. The van der Waals surface area contributed by atoms with Crippen molar-refractivity contribution in [2.45, 2.75) is 54.1 Å². The topological polar surface area (TPSA) is 155 Å². The molecule has 16 heteroatoms. The minimum absolute atomic E-state index is 0.161. The van der Waals surface area contributed by atoms with Crippen LogP contribution in [0.2, 0.25) is 10.0 Å². The number of carboxylic acids is 1. The van der Waals surface area contributed by atoms with Crippen LogP contribution in [0.25, 0.3) is 0 Å². The number of nitrogens with one attached hydrogen (secondary N) is 2. The lowest BCUT2D eigenvalue weighted by Gasteiger charge is -2.22. The summed E-state index contributed by atoms with van der Waals surface area (Å²) in [5.74, 6) is -0.941. The Kier molecular flexibility index (Phi) is 12.1. The molecule has 0 amide bonds. The maximum absolute atomic E-state index is 13.1. The van der Waals surface area contributed by atoms with Gasteiger partial charge in [0, 0.05) is 72.5 Å². The van der Waals surface area contributed by atoms with Crippen LogP contribution in [0.3, 0.4) is 0 Å². The zero-order valence-corrected chi connectivity index (χ0v) is 31.0. The molecule has 2 saturated heterocycles. The highest BCUT2D eigenvalue weighted by Gasteiger charge is 2.34. The first-order valence-electron chi connectivity index (χ1n) is 16.6. The fourth-order valence-corrected chi connectivity index (χ4v) is 9.61. The van der Waals surface area contributed by atoms with E-state index in [-0.39, 0.29) is 59.6 Å². The zero-order chi connectivity index (χ0) is 36.9. The number of rotatable bonds is 15. The molecule has 0 saturated carbocycles. The SMILES string of the molecule is O=C(O)C(Oc1ccc(Cl)cc1CNC1CCN(S(=O)(=O)c2ccccc2)C1)Oc1ccc(Cl)cc1CNC1CCN(S(=O)(=O)c2ccccc2)C1. The van der Waals surface area contributed by atoms with Crippen LogP contribution in [-0.2, 0) is 37.9 Å². The highest BCUT2D eigenvalue weighted by Crippen LogP contribution is 2.29. The van der Waals surface area contributed by atoms with Crippen molar-refractivity contribution in [2.24, 2.45) is 0 Å². The van der Waals surface area contributed by atoms with Gasteiger partial charge in [0.2, 0.25) is 20.0 Å². The standard InChI is InChI=1S/C36H38Cl2N4O8S2/c37-27-11-13-33(25(19-27)21-39-29-15-17-41(23-29)51(45,46)31-7-3-1-4-8-31)49-36(35(43)44)50-34-14-12-28(38)20-26(34)22-40-30-16-18-42(24-30)52(47,48)32-9-5-2-6-10-32/h1-14,19-20,29-30,36,39-40H,15-18,21-24H2,(H,43,44). The number of sulfonamides is 2. The first-order valence-corrected chi connectivity index (χ1v) is 20.2. The number of hydrogen-bond donors (Lipinski definition) is 3. The molecule has 4 aromatic rings. The molecule has 2 fully saturated rings. The summed E-state index contributed by atoms with van der Waals surface area (Å²) in [5.41, 5.74) is 1.11. The second kappa shape index (κ2) is 16.5. The predicted octanol–water partition coefficient (Wildman–Crippen LogP) is 4.97. The maximum atomic E-state index is 13.1. The lowest BCUT2D eigenvalue weighted by molar-refractivity contribution is -0.158. The fourth-order valence-electron chi connectivity index (χ4n) is 6.18. The van der Waals surface area contributed by atoms with Crippen LogP contribution < -0.4 is 20.1 Å². The van der Waals surface area contributed by atoms with E-state index in [4.69, 9.17) is 32.7 Å². The Morgan fingerprint density at radius 1 is 0.692 bits per heavy atom. The Bertz CT molecular complexity index is 1950. The largest absolute Gasteiger partial charge is 0.476 e. The van der Waals surface area contributed by atoms with Gasteiger partial charge in [0.1, 0.15) is 11.5 Å². The van der Waals surface area contributed by atoms with Crippen molar-refractivity contribution >= 4 is 49.2 Å². The third kappa shape index (κ3) is 9.07. The van der Waals surface area contributed by atoms with Gasteiger partial charge in [-0.2, -0.15) is 8.61 Å². The molecule has 52 heavy (non-hydrogen) atoms. The first-order chi connectivity index (χ1) is 24.9. The van der Waals surface area contributed by atoms with Crippen LogP contribution in [0.5, 0.6) is 11.5 Å². The number of carbonyl (C=O) groups is 1. The molecule has 2 heterocycles. The molecule has 12 nitrogen and oxygen atoms in total. The van der Waals surface area contributed by atoms with Gasteiger partial charge in [0.25, 0.3) is 0 Å². The fraction of sp³-hybridized carbons (Fsp3) is 0.306. The molecular weight excluding hydrogens is 751 g/mol. The van der Waals surface area contributed by atoms with Crippen molar-refractivity contribution in [1.82, 2.24) is 19.2 Å². The summed E-state index contributed by atoms with van der Waals surface area (Å²) in [6.45, 7) is 1.69. The molecule has 0 spiro atoms. The van der Waals surface area contributed by atoms with Crippen molar-refractivity contribution in [3.8, 4) is 11.5 Å². The van der Waals surface area contributed by atoms with Gasteiger partial charge in [-0.05, 0) is 73.5 Å². The van der Waals surface area contributed by atoms with Crippen LogP contribution in [0.4, 0.5) is 0 Å². The molecule has 0 aliphatic carbocycles. The number of ether oxygens (including phenoxy) is 2. The quantitative estimate of drug-likeness (QED) is 0.141. The Morgan fingerprint density at radius 3 is 1.48 bits per heavy atom. The van der Waals surface area contributed by atoms with E-state index in [1.807, 2.05) is 0 Å². The van der Waals surface area contributed by atoms with E-state index in [1.54, 1.807) is 97.1 Å². The third-order valence-electron chi connectivity index (χ3n) is 8.94. The summed E-state index contributed by atoms with van der Waals surface area (Å²) in [5, 5.41) is 17.7. The average molecular weight is 790 g/mol.